The number of aliphatic carboxylic acids is 2. The van der Waals surface area contributed by atoms with Crippen molar-refractivity contribution in [2.75, 3.05) is 19.6 Å². The van der Waals surface area contributed by atoms with Crippen LogP contribution in [-0.2, 0) is 19.2 Å². The van der Waals surface area contributed by atoms with Gasteiger partial charge in [0.05, 0.1) is 18.5 Å². The number of Topliss-reactive ketones (excluding diaryl/α,β-unsaturated/α-hetero) is 1. The van der Waals surface area contributed by atoms with Crippen molar-refractivity contribution in [3.05, 3.63) is 0 Å². The fourth-order valence-electron chi connectivity index (χ4n) is 3.86. The zero-order valence-corrected chi connectivity index (χ0v) is 15.0. The summed E-state index contributed by atoms with van der Waals surface area (Å²) in [7, 11) is 0. The number of carbonyl (C=O) groups is 4. The van der Waals surface area contributed by atoms with E-state index in [0.717, 1.165) is 13.0 Å². The molecular weight excluding hydrogens is 342 g/mol. The van der Waals surface area contributed by atoms with Gasteiger partial charge in [-0.2, -0.15) is 0 Å². The first kappa shape index (κ1) is 20.3. The minimum absolute atomic E-state index is 0.0120. The van der Waals surface area contributed by atoms with Crippen LogP contribution in [0.15, 0.2) is 0 Å². The molecule has 0 aliphatic carbocycles. The number of likely N-dealkylation sites (tertiary alicyclic amines) is 1. The van der Waals surface area contributed by atoms with E-state index >= 15 is 0 Å². The van der Waals surface area contributed by atoms with Gasteiger partial charge >= 0.3 is 11.9 Å². The van der Waals surface area contributed by atoms with E-state index in [1.165, 1.54) is 4.90 Å². The van der Waals surface area contributed by atoms with Crippen LogP contribution in [-0.4, -0.2) is 76.0 Å². The van der Waals surface area contributed by atoms with E-state index in [2.05, 4.69) is 10.6 Å². The van der Waals surface area contributed by atoms with E-state index in [-0.39, 0.29) is 37.8 Å². The number of ketones is 1. The van der Waals surface area contributed by atoms with Crippen LogP contribution in [0.3, 0.4) is 0 Å². The van der Waals surface area contributed by atoms with Gasteiger partial charge in [0.25, 0.3) is 0 Å². The Morgan fingerprint density at radius 3 is 2.54 bits per heavy atom. The molecule has 1 amide bonds. The first-order valence-corrected chi connectivity index (χ1v) is 9.11. The topological polar surface area (TPSA) is 136 Å². The van der Waals surface area contributed by atoms with Gasteiger partial charge in [0, 0.05) is 6.54 Å². The van der Waals surface area contributed by atoms with Crippen LogP contribution >= 0.6 is 0 Å². The number of rotatable bonds is 9. The van der Waals surface area contributed by atoms with Crippen molar-refractivity contribution in [2.24, 2.45) is 0 Å². The first-order chi connectivity index (χ1) is 12.3. The molecule has 2 rings (SSSR count). The monoisotopic (exact) mass is 369 g/mol. The van der Waals surface area contributed by atoms with E-state index in [0.29, 0.717) is 19.4 Å². The Bertz CT molecular complexity index is 575. The number of hydrogen-bond acceptors (Lipinski definition) is 6. The molecule has 2 aliphatic rings. The van der Waals surface area contributed by atoms with Gasteiger partial charge in [-0.05, 0) is 45.2 Å². The van der Waals surface area contributed by atoms with Crippen molar-refractivity contribution in [2.45, 2.75) is 63.1 Å². The van der Waals surface area contributed by atoms with Gasteiger partial charge in [-0.1, -0.05) is 6.92 Å². The molecule has 3 atom stereocenters. The summed E-state index contributed by atoms with van der Waals surface area (Å²) in [4.78, 5) is 49.8. The van der Waals surface area contributed by atoms with Crippen LogP contribution in [0, 0.1) is 0 Å². The fourth-order valence-corrected chi connectivity index (χ4v) is 3.86. The summed E-state index contributed by atoms with van der Waals surface area (Å²) in [5.41, 5.74) is -1.77. The third-order valence-corrected chi connectivity index (χ3v) is 5.28. The summed E-state index contributed by atoms with van der Waals surface area (Å²) >= 11 is 0. The van der Waals surface area contributed by atoms with Gasteiger partial charge in [0.2, 0.25) is 5.91 Å². The van der Waals surface area contributed by atoms with Crippen LogP contribution in [0.2, 0.25) is 0 Å². The lowest BCUT2D eigenvalue weighted by Gasteiger charge is -2.35. The van der Waals surface area contributed by atoms with E-state index in [9.17, 15) is 24.3 Å². The second-order valence-corrected chi connectivity index (χ2v) is 6.88. The standard InChI is InChI=1S/C17H27N3O6/c1-2-11(19-15(24)12-5-3-8-18-12)14(23)17(16(25)26)7-4-9-20(17)10-6-13(21)22/h11-12,18H,2-10H2,1H3,(H,19,24)(H,21,22)(H,25,26)/t11-,12-,17+/m0/s1. The highest BCUT2D eigenvalue weighted by atomic mass is 16.4. The Kier molecular flexibility index (Phi) is 6.71. The van der Waals surface area contributed by atoms with Gasteiger partial charge < -0.3 is 20.8 Å². The van der Waals surface area contributed by atoms with Gasteiger partial charge in [0.1, 0.15) is 0 Å². The summed E-state index contributed by atoms with van der Waals surface area (Å²) in [6.07, 6.45) is 2.22. The molecule has 0 unspecified atom stereocenters. The zero-order valence-electron chi connectivity index (χ0n) is 15.0. The molecule has 26 heavy (non-hydrogen) atoms. The first-order valence-electron chi connectivity index (χ1n) is 9.11. The molecule has 0 aromatic heterocycles. The maximum absolute atomic E-state index is 13.1. The van der Waals surface area contributed by atoms with Crippen molar-refractivity contribution in [1.82, 2.24) is 15.5 Å². The smallest absolute Gasteiger partial charge is 0.332 e. The lowest BCUT2D eigenvalue weighted by Crippen LogP contribution is -2.63. The molecule has 4 N–H and O–H groups in total. The predicted molar refractivity (Wildman–Crippen MR) is 91.7 cm³/mol. The molecule has 2 aliphatic heterocycles. The number of hydrogen-bond donors (Lipinski definition) is 4. The summed E-state index contributed by atoms with van der Waals surface area (Å²) < 4.78 is 0. The summed E-state index contributed by atoms with van der Waals surface area (Å²) in [6, 6.07) is -1.27. The van der Waals surface area contributed by atoms with Crippen molar-refractivity contribution in [1.29, 1.82) is 0 Å². The molecule has 0 saturated carbocycles. The number of carboxylic acids is 2. The van der Waals surface area contributed by atoms with Crippen LogP contribution in [0.5, 0.6) is 0 Å². The number of nitrogens with zero attached hydrogens (tertiary/aromatic N) is 1. The van der Waals surface area contributed by atoms with Gasteiger partial charge in [-0.15, -0.1) is 0 Å². The van der Waals surface area contributed by atoms with E-state index < -0.39 is 29.3 Å². The molecule has 146 valence electrons. The highest BCUT2D eigenvalue weighted by Gasteiger charge is 2.55. The van der Waals surface area contributed by atoms with Gasteiger partial charge in [0.15, 0.2) is 11.3 Å². The molecule has 0 spiro atoms. The quantitative estimate of drug-likeness (QED) is 0.403. The van der Waals surface area contributed by atoms with Gasteiger partial charge in [-0.3, -0.25) is 19.3 Å². The molecule has 9 heteroatoms. The minimum Gasteiger partial charge on any atom is -0.481 e. The Morgan fingerprint density at radius 2 is 2.00 bits per heavy atom. The maximum Gasteiger partial charge on any atom is 0.332 e. The number of carbonyl (C=O) groups excluding carboxylic acids is 2. The van der Waals surface area contributed by atoms with Crippen LogP contribution in [0.1, 0.15) is 45.4 Å². The van der Waals surface area contributed by atoms with Crippen molar-refractivity contribution < 1.29 is 29.4 Å². The normalized spacial score (nSPS) is 27.2. The molecule has 2 fully saturated rings. The van der Waals surface area contributed by atoms with E-state index in [1.54, 1.807) is 6.92 Å². The Balaban J connectivity index is 2.17. The van der Waals surface area contributed by atoms with Crippen molar-refractivity contribution in [3.8, 4) is 0 Å². The van der Waals surface area contributed by atoms with Crippen molar-refractivity contribution >= 4 is 23.6 Å². The molecule has 0 bridgehead atoms. The average Bonchev–Trinajstić information content (AvgIpc) is 3.26. The van der Waals surface area contributed by atoms with Crippen LogP contribution in [0.4, 0.5) is 0 Å². The van der Waals surface area contributed by atoms with Crippen LogP contribution in [0.25, 0.3) is 0 Å². The highest BCUT2D eigenvalue weighted by molar-refractivity contribution is 6.11. The Morgan fingerprint density at radius 1 is 1.27 bits per heavy atom. The summed E-state index contributed by atoms with van der Waals surface area (Å²) in [5.74, 6) is -3.19. The SMILES string of the molecule is CC[C@H](NC(=O)[C@@H]1CCCN1)C(=O)[C@@]1(C(=O)O)CCCN1CCC(=O)O. The number of nitrogens with one attached hydrogen (secondary N) is 2. The third-order valence-electron chi connectivity index (χ3n) is 5.28. The molecule has 2 heterocycles. The minimum atomic E-state index is -1.77. The van der Waals surface area contributed by atoms with Crippen molar-refractivity contribution in [3.63, 3.8) is 0 Å². The molecular formula is C17H27N3O6. The Hall–Kier alpha value is -2.00. The molecule has 0 radical (unpaired) electrons. The summed E-state index contributed by atoms with van der Waals surface area (Å²) in [6.45, 7) is 2.80. The van der Waals surface area contributed by atoms with Crippen LogP contribution < -0.4 is 10.6 Å². The molecule has 9 nitrogen and oxygen atoms in total. The predicted octanol–water partition coefficient (Wildman–Crippen LogP) is -0.404. The molecule has 0 aromatic rings. The number of amides is 1. The van der Waals surface area contributed by atoms with E-state index in [4.69, 9.17) is 5.11 Å². The Labute approximate surface area is 152 Å². The zero-order chi connectivity index (χ0) is 19.3. The van der Waals surface area contributed by atoms with E-state index in [1.807, 2.05) is 0 Å². The summed E-state index contributed by atoms with van der Waals surface area (Å²) in [5, 5.41) is 24.5. The second kappa shape index (κ2) is 8.59. The molecule has 2 saturated heterocycles. The third kappa shape index (κ3) is 4.04. The second-order valence-electron chi connectivity index (χ2n) is 6.88. The fraction of sp³-hybridized carbons (Fsp3) is 0.765. The number of carboxylic acid groups (broad SMARTS) is 2. The maximum atomic E-state index is 13.1. The highest BCUT2D eigenvalue weighted by Crippen LogP contribution is 2.32. The largest absolute Gasteiger partial charge is 0.481 e. The average molecular weight is 369 g/mol. The molecule has 0 aromatic carbocycles. The van der Waals surface area contributed by atoms with Gasteiger partial charge in [-0.25, -0.2) is 4.79 Å². The lowest BCUT2D eigenvalue weighted by atomic mass is 9.85. The lowest BCUT2D eigenvalue weighted by molar-refractivity contribution is -0.158.